The number of likely N-dealkylation sites (N-methyl/N-ethyl adjacent to an activating group) is 1. The third-order valence-electron chi connectivity index (χ3n) is 3.86. The second kappa shape index (κ2) is 7.29. The van der Waals surface area contributed by atoms with Crippen LogP contribution in [-0.4, -0.2) is 37.0 Å². The Labute approximate surface area is 116 Å². The van der Waals surface area contributed by atoms with Crippen LogP contribution in [0.4, 0.5) is 0 Å². The highest BCUT2D eigenvalue weighted by Gasteiger charge is 2.25. The van der Waals surface area contributed by atoms with Gasteiger partial charge in [-0.1, -0.05) is 30.3 Å². The highest BCUT2D eigenvalue weighted by Crippen LogP contribution is 2.18. The normalized spacial score (nSPS) is 19.4. The number of hydrogen-bond acceptors (Lipinski definition) is 2. The van der Waals surface area contributed by atoms with Crippen LogP contribution in [0.2, 0.25) is 0 Å². The van der Waals surface area contributed by atoms with E-state index < -0.39 is 0 Å². The maximum absolute atomic E-state index is 12.4. The molecule has 1 saturated heterocycles. The molecule has 0 spiro atoms. The van der Waals surface area contributed by atoms with Gasteiger partial charge >= 0.3 is 0 Å². The standard InChI is InChI=1S/C16H24N2O/c1-17-13-15-9-5-6-12-18(15)16(19)11-10-14-7-3-2-4-8-14/h2-4,7-8,15,17H,5-6,9-13H2,1H3. The predicted octanol–water partition coefficient (Wildman–Crippen LogP) is 2.22. The van der Waals surface area contributed by atoms with Crippen LogP contribution < -0.4 is 5.32 Å². The molecule has 0 radical (unpaired) electrons. The second-order valence-electron chi connectivity index (χ2n) is 5.28. The lowest BCUT2D eigenvalue weighted by molar-refractivity contribution is -0.134. The lowest BCUT2D eigenvalue weighted by atomic mass is 10.0. The Kier molecular flexibility index (Phi) is 5.40. The Hall–Kier alpha value is -1.35. The van der Waals surface area contributed by atoms with E-state index in [-0.39, 0.29) is 0 Å². The number of benzene rings is 1. The van der Waals surface area contributed by atoms with Crippen molar-refractivity contribution in [3.63, 3.8) is 0 Å². The number of piperidine rings is 1. The molecule has 1 amide bonds. The fraction of sp³-hybridized carbons (Fsp3) is 0.562. The van der Waals surface area contributed by atoms with Crippen LogP contribution in [0.15, 0.2) is 30.3 Å². The fourth-order valence-electron chi connectivity index (χ4n) is 2.82. The van der Waals surface area contributed by atoms with Crippen LogP contribution in [0, 0.1) is 0 Å². The molecule has 1 aromatic carbocycles. The molecule has 1 aromatic rings. The van der Waals surface area contributed by atoms with Crippen molar-refractivity contribution in [3.05, 3.63) is 35.9 Å². The molecule has 1 aliphatic rings. The molecule has 0 aliphatic carbocycles. The summed E-state index contributed by atoms with van der Waals surface area (Å²) in [4.78, 5) is 14.4. The van der Waals surface area contributed by atoms with Crippen molar-refractivity contribution >= 4 is 5.91 Å². The van der Waals surface area contributed by atoms with Gasteiger partial charge in [0.2, 0.25) is 5.91 Å². The SMILES string of the molecule is CNCC1CCCCN1C(=O)CCc1ccccc1. The largest absolute Gasteiger partial charge is 0.338 e. The van der Waals surface area contributed by atoms with Crippen LogP contribution >= 0.6 is 0 Å². The van der Waals surface area contributed by atoms with Crippen LogP contribution in [0.5, 0.6) is 0 Å². The molecule has 104 valence electrons. The Morgan fingerprint density at radius 1 is 1.32 bits per heavy atom. The molecule has 1 atom stereocenters. The summed E-state index contributed by atoms with van der Waals surface area (Å²) in [5.74, 6) is 0.309. The minimum absolute atomic E-state index is 0.309. The third-order valence-corrected chi connectivity index (χ3v) is 3.86. The Bertz CT molecular complexity index is 389. The maximum Gasteiger partial charge on any atom is 0.223 e. The van der Waals surface area contributed by atoms with E-state index in [1.807, 2.05) is 25.2 Å². The zero-order valence-corrected chi connectivity index (χ0v) is 11.8. The first-order valence-electron chi connectivity index (χ1n) is 7.29. The minimum Gasteiger partial charge on any atom is -0.338 e. The molecule has 1 aliphatic heterocycles. The molecule has 3 heteroatoms. The van der Waals surface area contributed by atoms with Crippen molar-refractivity contribution < 1.29 is 4.79 Å². The van der Waals surface area contributed by atoms with E-state index in [2.05, 4.69) is 22.3 Å². The smallest absolute Gasteiger partial charge is 0.223 e. The lowest BCUT2D eigenvalue weighted by Crippen LogP contribution is -2.48. The average Bonchev–Trinajstić information content (AvgIpc) is 2.47. The molecule has 3 nitrogen and oxygen atoms in total. The number of carbonyl (C=O) groups is 1. The monoisotopic (exact) mass is 260 g/mol. The quantitative estimate of drug-likeness (QED) is 0.880. The number of nitrogens with zero attached hydrogens (tertiary/aromatic N) is 1. The van der Waals surface area contributed by atoms with E-state index in [0.717, 1.165) is 32.4 Å². The summed E-state index contributed by atoms with van der Waals surface area (Å²) in [6, 6.07) is 10.7. The van der Waals surface area contributed by atoms with Crippen LogP contribution in [0.25, 0.3) is 0 Å². The lowest BCUT2D eigenvalue weighted by Gasteiger charge is -2.36. The van der Waals surface area contributed by atoms with Crippen LogP contribution in [0.3, 0.4) is 0 Å². The summed E-state index contributed by atoms with van der Waals surface area (Å²) in [6.45, 7) is 1.84. The summed E-state index contributed by atoms with van der Waals surface area (Å²) in [5, 5.41) is 3.20. The fourth-order valence-corrected chi connectivity index (χ4v) is 2.82. The first-order chi connectivity index (χ1) is 9.31. The average molecular weight is 260 g/mol. The van der Waals surface area contributed by atoms with Gasteiger partial charge in [-0.15, -0.1) is 0 Å². The van der Waals surface area contributed by atoms with E-state index >= 15 is 0 Å². The van der Waals surface area contributed by atoms with E-state index in [1.165, 1.54) is 12.0 Å². The molecule has 1 heterocycles. The topological polar surface area (TPSA) is 32.3 Å². The molecule has 2 rings (SSSR count). The number of hydrogen-bond donors (Lipinski definition) is 1. The number of rotatable bonds is 5. The van der Waals surface area contributed by atoms with E-state index in [0.29, 0.717) is 18.4 Å². The van der Waals surface area contributed by atoms with Crippen molar-refractivity contribution in [3.8, 4) is 0 Å². The van der Waals surface area contributed by atoms with Gasteiger partial charge in [0.25, 0.3) is 0 Å². The number of nitrogens with one attached hydrogen (secondary N) is 1. The van der Waals surface area contributed by atoms with Crippen molar-refractivity contribution in [1.82, 2.24) is 10.2 Å². The van der Waals surface area contributed by atoms with Gasteiger partial charge in [-0.05, 0) is 38.3 Å². The first kappa shape index (κ1) is 14.1. The van der Waals surface area contributed by atoms with E-state index in [9.17, 15) is 4.79 Å². The number of carbonyl (C=O) groups excluding carboxylic acids is 1. The summed E-state index contributed by atoms with van der Waals surface area (Å²) >= 11 is 0. The van der Waals surface area contributed by atoms with Gasteiger partial charge in [0, 0.05) is 25.6 Å². The van der Waals surface area contributed by atoms with Crippen molar-refractivity contribution in [2.45, 2.75) is 38.1 Å². The Morgan fingerprint density at radius 2 is 2.11 bits per heavy atom. The molecule has 1 N–H and O–H groups in total. The van der Waals surface area contributed by atoms with E-state index in [1.54, 1.807) is 0 Å². The van der Waals surface area contributed by atoms with Gasteiger partial charge in [0.05, 0.1) is 0 Å². The zero-order valence-electron chi connectivity index (χ0n) is 11.8. The highest BCUT2D eigenvalue weighted by molar-refractivity contribution is 5.77. The van der Waals surface area contributed by atoms with Crippen molar-refractivity contribution in [2.24, 2.45) is 0 Å². The van der Waals surface area contributed by atoms with Gasteiger partial charge in [-0.3, -0.25) is 4.79 Å². The molecular formula is C16H24N2O. The maximum atomic E-state index is 12.4. The Morgan fingerprint density at radius 3 is 2.84 bits per heavy atom. The molecule has 0 saturated carbocycles. The number of aryl methyl sites for hydroxylation is 1. The predicted molar refractivity (Wildman–Crippen MR) is 78.0 cm³/mol. The number of amides is 1. The van der Waals surface area contributed by atoms with Gasteiger partial charge in [0.15, 0.2) is 0 Å². The minimum atomic E-state index is 0.309. The second-order valence-corrected chi connectivity index (χ2v) is 5.28. The van der Waals surface area contributed by atoms with Gasteiger partial charge < -0.3 is 10.2 Å². The summed E-state index contributed by atoms with van der Waals surface area (Å²) in [5.41, 5.74) is 1.25. The molecular weight excluding hydrogens is 236 g/mol. The van der Waals surface area contributed by atoms with Crippen molar-refractivity contribution in [2.75, 3.05) is 20.1 Å². The molecule has 1 fully saturated rings. The molecule has 1 unspecified atom stereocenters. The number of likely N-dealkylation sites (tertiary alicyclic amines) is 1. The summed E-state index contributed by atoms with van der Waals surface area (Å²) in [7, 11) is 1.96. The van der Waals surface area contributed by atoms with E-state index in [4.69, 9.17) is 0 Å². The molecule has 19 heavy (non-hydrogen) atoms. The first-order valence-corrected chi connectivity index (χ1v) is 7.29. The van der Waals surface area contributed by atoms with Crippen LogP contribution in [-0.2, 0) is 11.2 Å². The summed E-state index contributed by atoms with van der Waals surface area (Å²) in [6.07, 6.45) is 5.01. The van der Waals surface area contributed by atoms with Gasteiger partial charge in [-0.2, -0.15) is 0 Å². The van der Waals surface area contributed by atoms with Crippen molar-refractivity contribution in [1.29, 1.82) is 0 Å². The van der Waals surface area contributed by atoms with Crippen LogP contribution in [0.1, 0.15) is 31.2 Å². The summed E-state index contributed by atoms with van der Waals surface area (Å²) < 4.78 is 0. The van der Waals surface area contributed by atoms with Gasteiger partial charge in [-0.25, -0.2) is 0 Å². The zero-order chi connectivity index (χ0) is 13.5. The third kappa shape index (κ3) is 4.06. The molecule has 0 bridgehead atoms. The molecule has 0 aromatic heterocycles. The van der Waals surface area contributed by atoms with Gasteiger partial charge in [0.1, 0.15) is 0 Å². The highest BCUT2D eigenvalue weighted by atomic mass is 16.2. The Balaban J connectivity index is 1.87.